The molecular weight excluding hydrogens is 513 g/mol. The zero-order chi connectivity index (χ0) is 27.4. The van der Waals surface area contributed by atoms with Crippen molar-refractivity contribution in [3.05, 3.63) is 108 Å². The Hall–Kier alpha value is -3.20. The van der Waals surface area contributed by atoms with E-state index < -0.39 is 0 Å². The summed E-state index contributed by atoms with van der Waals surface area (Å²) in [6.07, 6.45) is 18.3. The lowest BCUT2D eigenvalue weighted by Crippen LogP contribution is -2.36. The molecule has 3 nitrogen and oxygen atoms in total. The maximum Gasteiger partial charge on any atom is 0.255 e. The zero-order valence-corrected chi connectivity index (χ0v) is 25.1. The first-order chi connectivity index (χ1) is 19.0. The van der Waals surface area contributed by atoms with Gasteiger partial charge in [-0.2, -0.15) is 0 Å². The molecule has 0 fully saturated rings. The number of benzene rings is 2. The summed E-state index contributed by atoms with van der Waals surface area (Å²) in [6, 6.07) is 20.1. The van der Waals surface area contributed by atoms with Crippen molar-refractivity contribution >= 4 is 47.7 Å². The number of imidazole rings is 1. The molecule has 39 heavy (non-hydrogen) atoms. The van der Waals surface area contributed by atoms with Gasteiger partial charge in [0.1, 0.15) is 0 Å². The highest BCUT2D eigenvalue weighted by molar-refractivity contribution is 8.14. The van der Waals surface area contributed by atoms with E-state index in [1.165, 1.54) is 44.8 Å². The quantitative estimate of drug-likeness (QED) is 0.118. The van der Waals surface area contributed by atoms with Gasteiger partial charge < -0.3 is 4.57 Å². The molecule has 0 saturated carbocycles. The summed E-state index contributed by atoms with van der Waals surface area (Å²) < 4.78 is 5.90. The summed E-state index contributed by atoms with van der Waals surface area (Å²) in [5.41, 5.74) is 4.51. The van der Waals surface area contributed by atoms with E-state index in [2.05, 4.69) is 122 Å². The topological polar surface area (TPSA) is 21.7 Å². The fourth-order valence-electron chi connectivity index (χ4n) is 5.18. The largest absolute Gasteiger partial charge is 0.329 e. The van der Waals surface area contributed by atoms with Crippen molar-refractivity contribution in [2.24, 2.45) is 13.0 Å². The highest BCUT2D eigenvalue weighted by atomic mass is 32.2. The molecule has 5 rings (SSSR count). The molecule has 1 atom stereocenters. The molecule has 4 aromatic rings. The number of fused-ring (bicyclic) bond motifs is 2. The predicted octanol–water partition coefficient (Wildman–Crippen LogP) is 8.78. The number of aromatic nitrogens is 3. The van der Waals surface area contributed by atoms with Gasteiger partial charge in [-0.25, -0.2) is 4.98 Å². The minimum absolute atomic E-state index is 0.366. The van der Waals surface area contributed by atoms with Crippen LogP contribution in [-0.4, -0.2) is 15.7 Å². The van der Waals surface area contributed by atoms with Crippen molar-refractivity contribution in [2.75, 3.05) is 6.16 Å². The highest BCUT2D eigenvalue weighted by Crippen LogP contribution is 2.60. The van der Waals surface area contributed by atoms with Gasteiger partial charge in [0.2, 0.25) is 17.0 Å². The van der Waals surface area contributed by atoms with E-state index in [1.807, 2.05) is 30.2 Å². The van der Waals surface area contributed by atoms with Crippen molar-refractivity contribution in [1.29, 1.82) is 0 Å². The molecule has 1 aliphatic heterocycles. The Balaban J connectivity index is 1.73. The van der Waals surface area contributed by atoms with Crippen LogP contribution in [0.4, 0.5) is 0 Å². The van der Waals surface area contributed by atoms with Gasteiger partial charge in [0.15, 0.2) is 0 Å². The van der Waals surface area contributed by atoms with E-state index >= 15 is 0 Å². The van der Waals surface area contributed by atoms with Crippen molar-refractivity contribution in [2.45, 2.75) is 38.5 Å². The van der Waals surface area contributed by atoms with Gasteiger partial charge in [0.05, 0.1) is 5.39 Å². The number of allylic oxidation sites excluding steroid dienone is 5. The Kier molecular flexibility index (Phi) is 8.65. The van der Waals surface area contributed by atoms with Crippen molar-refractivity contribution in [3.63, 3.8) is 0 Å². The van der Waals surface area contributed by atoms with Crippen LogP contribution in [0.25, 0.3) is 34.2 Å². The molecule has 0 N–H and O–H groups in total. The second-order valence-electron chi connectivity index (χ2n) is 10.3. The van der Waals surface area contributed by atoms with E-state index in [9.17, 15) is 0 Å². The van der Waals surface area contributed by atoms with Crippen LogP contribution in [0.3, 0.4) is 0 Å². The molecular formula is C34H37N3PS+. The fraction of sp³-hybridized carbons (Fsp3) is 0.235. The Morgan fingerprint density at radius 1 is 1.15 bits per heavy atom. The molecule has 0 bridgehead atoms. The number of rotatable bonds is 9. The maximum absolute atomic E-state index is 4.78. The third kappa shape index (κ3) is 5.73. The molecule has 0 radical (unpaired) electrons. The lowest BCUT2D eigenvalue weighted by Gasteiger charge is -2.15. The summed E-state index contributed by atoms with van der Waals surface area (Å²) in [4.78, 5) is 6.20. The average molecular weight is 551 g/mol. The van der Waals surface area contributed by atoms with Gasteiger partial charge in [-0.15, -0.1) is 4.57 Å². The molecule has 1 aliphatic rings. The molecule has 0 amide bonds. The Labute approximate surface area is 238 Å². The van der Waals surface area contributed by atoms with Crippen LogP contribution in [0, 0.1) is 5.92 Å². The van der Waals surface area contributed by atoms with E-state index in [1.54, 1.807) is 0 Å². The number of thioether (sulfide) groups is 1. The molecule has 5 heteroatoms. The number of aryl methyl sites for hydroxylation is 1. The van der Waals surface area contributed by atoms with E-state index in [0.29, 0.717) is 0 Å². The standard InChI is InChI=1S/C34H37N3PS/c1-6-13-27(14-7-2)37-29-17-9-8-16-28(29)26(23-30(37)34-35-20-21-36(34)5)24-33-38(22-12-15-25(3)4)31-18-10-11-19-32(31)39-33/h6-11,13-14,16-21,23-25H,1,12,15,22H2,2-5H3/q+1/b14-7-,27-13+,33-24+. The molecule has 2 aromatic heterocycles. The van der Waals surface area contributed by atoms with Gasteiger partial charge >= 0.3 is 0 Å². The molecule has 1 unspecified atom stereocenters. The van der Waals surface area contributed by atoms with Crippen LogP contribution in [0.5, 0.6) is 0 Å². The molecule has 198 valence electrons. The van der Waals surface area contributed by atoms with E-state index in [-0.39, 0.29) is 7.92 Å². The lowest BCUT2D eigenvalue weighted by atomic mass is 10.1. The van der Waals surface area contributed by atoms with Crippen LogP contribution in [0.15, 0.2) is 107 Å². The summed E-state index contributed by atoms with van der Waals surface area (Å²) in [5.74, 6) is 1.67. The normalized spacial score (nSPS) is 16.6. The van der Waals surface area contributed by atoms with Crippen LogP contribution >= 0.6 is 19.7 Å². The SMILES string of the molecule is C=C/C=C(\C=C/C)[n+]1c(-c2nccn2C)cc(/C=C2/Sc3ccccc3P2CCCC(C)C)c2ccccc21. The number of hydrogen-bond acceptors (Lipinski definition) is 2. The Morgan fingerprint density at radius 2 is 1.95 bits per heavy atom. The van der Waals surface area contributed by atoms with Gasteiger partial charge in [0, 0.05) is 53.3 Å². The van der Waals surface area contributed by atoms with Gasteiger partial charge in [-0.1, -0.05) is 81.1 Å². The van der Waals surface area contributed by atoms with E-state index in [0.717, 1.165) is 28.6 Å². The zero-order valence-electron chi connectivity index (χ0n) is 23.3. The summed E-state index contributed by atoms with van der Waals surface area (Å²) in [6.45, 7) is 10.7. The first-order valence-corrected chi connectivity index (χ1v) is 16.0. The number of para-hydroxylation sites is 1. The van der Waals surface area contributed by atoms with Crippen LogP contribution in [0.1, 0.15) is 39.2 Å². The smallest absolute Gasteiger partial charge is 0.255 e. The first kappa shape index (κ1) is 27.4. The van der Waals surface area contributed by atoms with E-state index in [4.69, 9.17) is 4.98 Å². The summed E-state index contributed by atoms with van der Waals surface area (Å²) in [7, 11) is 1.69. The van der Waals surface area contributed by atoms with Crippen LogP contribution in [0.2, 0.25) is 0 Å². The second-order valence-corrected chi connectivity index (χ2v) is 13.9. The molecule has 0 saturated heterocycles. The Morgan fingerprint density at radius 3 is 2.69 bits per heavy atom. The second kappa shape index (κ2) is 12.3. The lowest BCUT2D eigenvalue weighted by molar-refractivity contribution is -0.537. The van der Waals surface area contributed by atoms with Crippen molar-refractivity contribution in [1.82, 2.24) is 9.55 Å². The van der Waals surface area contributed by atoms with Crippen molar-refractivity contribution < 1.29 is 4.57 Å². The minimum atomic E-state index is -0.366. The third-order valence-corrected chi connectivity index (χ3v) is 11.4. The third-order valence-electron chi connectivity index (χ3n) is 7.00. The molecule has 0 spiro atoms. The Bertz CT molecular complexity index is 1590. The summed E-state index contributed by atoms with van der Waals surface area (Å²) in [5, 5.41) is 2.77. The van der Waals surface area contributed by atoms with Crippen molar-refractivity contribution in [3.8, 4) is 11.5 Å². The summed E-state index contributed by atoms with van der Waals surface area (Å²) >= 11 is 1.97. The molecule has 2 aromatic carbocycles. The molecule has 0 aliphatic carbocycles. The van der Waals surface area contributed by atoms with Crippen LogP contribution in [-0.2, 0) is 7.05 Å². The first-order valence-electron chi connectivity index (χ1n) is 13.7. The van der Waals surface area contributed by atoms with Gasteiger partial charge in [0.25, 0.3) is 5.69 Å². The maximum atomic E-state index is 4.78. The van der Waals surface area contributed by atoms with Gasteiger partial charge in [-0.3, -0.25) is 0 Å². The molecule has 3 heterocycles. The number of hydrogen-bond donors (Lipinski definition) is 0. The van der Waals surface area contributed by atoms with Gasteiger partial charge in [-0.05, 0) is 62.4 Å². The predicted molar refractivity (Wildman–Crippen MR) is 171 cm³/mol. The fourth-order valence-corrected chi connectivity index (χ4v) is 9.79. The highest BCUT2D eigenvalue weighted by Gasteiger charge is 2.30. The number of pyridine rings is 1. The minimum Gasteiger partial charge on any atom is -0.329 e. The monoisotopic (exact) mass is 550 g/mol. The average Bonchev–Trinajstić information content (AvgIpc) is 3.51. The number of nitrogens with zero attached hydrogens (tertiary/aromatic N) is 3. The van der Waals surface area contributed by atoms with Crippen LogP contribution < -0.4 is 9.87 Å².